The number of aromatic nitrogens is 1. The highest BCUT2D eigenvalue weighted by atomic mass is 19.1. The standard InChI is InChI=1S/C31H24F2N2O5/c1-16-18-7-3-4-8-20(18)29(40-2)25(28(16)36)21-13-12-17(19-9-6-14-34-27(19)21)15-24(31(38)39)35-30(37)26-22(32)10-5-11-23(26)33/h3-14,16,24H,15H2,1-2H3,(H,35,37)(H,38,39)/t16?,24-/m0/s1. The number of pyridine rings is 1. The molecule has 0 fully saturated rings. The van der Waals surface area contributed by atoms with Crippen LogP contribution in [-0.2, 0) is 20.7 Å². The molecule has 0 saturated carbocycles. The summed E-state index contributed by atoms with van der Waals surface area (Å²) >= 11 is 0. The summed E-state index contributed by atoms with van der Waals surface area (Å²) in [6.45, 7) is 1.83. The van der Waals surface area contributed by atoms with Crippen molar-refractivity contribution < 1.29 is 33.0 Å². The van der Waals surface area contributed by atoms with Gasteiger partial charge in [0.25, 0.3) is 5.91 Å². The van der Waals surface area contributed by atoms with Crippen molar-refractivity contribution in [2.45, 2.75) is 25.3 Å². The first-order valence-electron chi connectivity index (χ1n) is 12.5. The molecular weight excluding hydrogens is 518 g/mol. The number of methoxy groups -OCH3 is 1. The molecule has 0 spiro atoms. The van der Waals surface area contributed by atoms with Crippen LogP contribution in [0, 0.1) is 11.6 Å². The highest BCUT2D eigenvalue weighted by molar-refractivity contribution is 6.33. The number of hydrogen-bond donors (Lipinski definition) is 2. The number of carbonyl (C=O) groups is 3. The molecule has 9 heteroatoms. The lowest BCUT2D eigenvalue weighted by atomic mass is 9.79. The monoisotopic (exact) mass is 542 g/mol. The van der Waals surface area contributed by atoms with Crippen LogP contribution in [0.2, 0.25) is 0 Å². The Balaban J connectivity index is 1.57. The second-order valence-corrected chi connectivity index (χ2v) is 9.42. The van der Waals surface area contributed by atoms with Crippen molar-refractivity contribution in [1.29, 1.82) is 0 Å². The molecule has 3 aromatic carbocycles. The van der Waals surface area contributed by atoms with Crippen LogP contribution < -0.4 is 5.32 Å². The van der Waals surface area contributed by atoms with Crippen molar-refractivity contribution in [1.82, 2.24) is 10.3 Å². The minimum atomic E-state index is -1.50. The Morgan fingerprint density at radius 3 is 2.42 bits per heavy atom. The number of ketones is 1. The summed E-state index contributed by atoms with van der Waals surface area (Å²) in [6.07, 6.45) is 1.35. The molecule has 1 heterocycles. The van der Waals surface area contributed by atoms with Crippen LogP contribution in [0.25, 0.3) is 22.2 Å². The van der Waals surface area contributed by atoms with Gasteiger partial charge < -0.3 is 15.2 Å². The van der Waals surface area contributed by atoms with E-state index in [1.54, 1.807) is 30.5 Å². The third-order valence-electron chi connectivity index (χ3n) is 7.09. The van der Waals surface area contributed by atoms with Crippen molar-refractivity contribution in [3.8, 4) is 0 Å². The smallest absolute Gasteiger partial charge is 0.326 e. The molecule has 1 unspecified atom stereocenters. The molecule has 2 N–H and O–H groups in total. The summed E-state index contributed by atoms with van der Waals surface area (Å²) < 4.78 is 34.0. The lowest BCUT2D eigenvalue weighted by molar-refractivity contribution is -0.139. The summed E-state index contributed by atoms with van der Waals surface area (Å²) in [5.74, 6) is -4.92. The number of benzene rings is 3. The predicted molar refractivity (Wildman–Crippen MR) is 144 cm³/mol. The number of carboxylic acid groups (broad SMARTS) is 1. The van der Waals surface area contributed by atoms with E-state index in [9.17, 15) is 28.3 Å². The van der Waals surface area contributed by atoms with Gasteiger partial charge in [0.05, 0.1) is 18.2 Å². The molecule has 202 valence electrons. The Kier molecular flexibility index (Phi) is 7.13. The molecule has 40 heavy (non-hydrogen) atoms. The van der Waals surface area contributed by atoms with Gasteiger partial charge in [-0.2, -0.15) is 0 Å². The number of hydrogen-bond acceptors (Lipinski definition) is 5. The van der Waals surface area contributed by atoms with E-state index >= 15 is 0 Å². The summed E-state index contributed by atoms with van der Waals surface area (Å²) in [4.78, 5) is 42.8. The van der Waals surface area contributed by atoms with Crippen LogP contribution in [-0.4, -0.2) is 40.9 Å². The first kappa shape index (κ1) is 26.7. The molecule has 1 amide bonds. The average Bonchev–Trinajstić information content (AvgIpc) is 2.94. The number of rotatable bonds is 7. The van der Waals surface area contributed by atoms with Gasteiger partial charge in [0, 0.05) is 35.0 Å². The fraction of sp³-hybridized carbons (Fsp3) is 0.161. The molecule has 0 aliphatic heterocycles. The van der Waals surface area contributed by atoms with Crippen molar-refractivity contribution in [2.24, 2.45) is 0 Å². The topological polar surface area (TPSA) is 106 Å². The van der Waals surface area contributed by atoms with Gasteiger partial charge >= 0.3 is 5.97 Å². The number of fused-ring (bicyclic) bond motifs is 2. The van der Waals surface area contributed by atoms with Gasteiger partial charge in [-0.15, -0.1) is 0 Å². The molecule has 1 aromatic heterocycles. The highest BCUT2D eigenvalue weighted by Gasteiger charge is 2.34. The largest absolute Gasteiger partial charge is 0.495 e. The summed E-state index contributed by atoms with van der Waals surface area (Å²) in [5, 5.41) is 12.6. The molecule has 5 rings (SSSR count). The maximum absolute atomic E-state index is 14.1. The van der Waals surface area contributed by atoms with E-state index in [1.165, 1.54) is 7.11 Å². The lowest BCUT2D eigenvalue weighted by Gasteiger charge is -2.26. The van der Waals surface area contributed by atoms with Gasteiger partial charge in [0.15, 0.2) is 5.78 Å². The maximum atomic E-state index is 14.1. The molecule has 0 radical (unpaired) electrons. The first-order chi connectivity index (χ1) is 19.2. The zero-order chi connectivity index (χ0) is 28.6. The van der Waals surface area contributed by atoms with Crippen LogP contribution in [0.3, 0.4) is 0 Å². The van der Waals surface area contributed by atoms with E-state index < -0.39 is 41.0 Å². The second-order valence-electron chi connectivity index (χ2n) is 9.42. The van der Waals surface area contributed by atoms with E-state index in [0.29, 0.717) is 33.4 Å². The number of carbonyl (C=O) groups excluding carboxylic acids is 2. The third kappa shape index (κ3) is 4.59. The normalized spacial score (nSPS) is 15.5. The van der Waals surface area contributed by atoms with Gasteiger partial charge in [-0.25, -0.2) is 13.6 Å². The fourth-order valence-electron chi connectivity index (χ4n) is 5.13. The number of aliphatic carboxylic acids is 1. The van der Waals surface area contributed by atoms with Crippen LogP contribution >= 0.6 is 0 Å². The molecule has 4 aromatic rings. The Morgan fingerprint density at radius 2 is 1.73 bits per heavy atom. The number of allylic oxidation sites excluding steroid dienone is 1. The van der Waals surface area contributed by atoms with Crippen LogP contribution in [0.4, 0.5) is 8.78 Å². The fourth-order valence-corrected chi connectivity index (χ4v) is 5.13. The van der Waals surface area contributed by atoms with Gasteiger partial charge in [-0.1, -0.05) is 55.5 Å². The number of ether oxygens (including phenoxy) is 1. The SMILES string of the molecule is COC1=C(c2ccc(C[C@H](NC(=O)c3c(F)cccc3F)C(=O)O)c3cccnc23)C(=O)C(C)c2ccccc21. The molecule has 0 bridgehead atoms. The number of nitrogens with one attached hydrogen (secondary N) is 1. The van der Waals surface area contributed by atoms with E-state index in [0.717, 1.165) is 29.3 Å². The van der Waals surface area contributed by atoms with E-state index in [-0.39, 0.29) is 12.2 Å². The van der Waals surface area contributed by atoms with E-state index in [1.807, 2.05) is 31.2 Å². The zero-order valence-electron chi connectivity index (χ0n) is 21.6. The molecular formula is C31H24F2N2O5. The molecule has 2 atom stereocenters. The Labute approximate surface area is 228 Å². The quantitative estimate of drug-likeness (QED) is 0.335. The minimum absolute atomic E-state index is 0.141. The number of nitrogens with zero attached hydrogens (tertiary/aromatic N) is 1. The molecule has 0 saturated heterocycles. The van der Waals surface area contributed by atoms with E-state index in [2.05, 4.69) is 10.3 Å². The van der Waals surface area contributed by atoms with Crippen LogP contribution in [0.5, 0.6) is 0 Å². The number of halogens is 2. The van der Waals surface area contributed by atoms with Crippen LogP contribution in [0.15, 0.2) is 72.9 Å². The highest BCUT2D eigenvalue weighted by Crippen LogP contribution is 2.42. The zero-order valence-corrected chi connectivity index (χ0v) is 21.6. The summed E-state index contributed by atoms with van der Waals surface area (Å²) in [5.41, 5.74) is 2.63. The van der Waals surface area contributed by atoms with Crippen molar-refractivity contribution >= 4 is 39.9 Å². The molecule has 7 nitrogen and oxygen atoms in total. The van der Waals surface area contributed by atoms with Gasteiger partial charge in [-0.3, -0.25) is 14.6 Å². The first-order valence-corrected chi connectivity index (χ1v) is 12.5. The summed E-state index contributed by atoms with van der Waals surface area (Å²) in [6, 6.07) is 15.7. The predicted octanol–water partition coefficient (Wildman–Crippen LogP) is 5.14. The van der Waals surface area contributed by atoms with Crippen molar-refractivity contribution in [3.63, 3.8) is 0 Å². The number of carboxylic acids is 1. The maximum Gasteiger partial charge on any atom is 0.326 e. The lowest BCUT2D eigenvalue weighted by Crippen LogP contribution is -2.43. The third-order valence-corrected chi connectivity index (χ3v) is 7.09. The Morgan fingerprint density at radius 1 is 1.00 bits per heavy atom. The second kappa shape index (κ2) is 10.7. The minimum Gasteiger partial charge on any atom is -0.495 e. The Hall–Kier alpha value is -4.92. The van der Waals surface area contributed by atoms with Gasteiger partial charge in [0.2, 0.25) is 0 Å². The summed E-state index contributed by atoms with van der Waals surface area (Å²) in [7, 11) is 1.50. The van der Waals surface area contributed by atoms with Crippen molar-refractivity contribution in [3.05, 3.63) is 112 Å². The number of amides is 1. The Bertz CT molecular complexity index is 1700. The average molecular weight is 543 g/mol. The van der Waals surface area contributed by atoms with Crippen LogP contribution in [0.1, 0.15) is 45.5 Å². The van der Waals surface area contributed by atoms with E-state index in [4.69, 9.17) is 4.74 Å². The number of Topliss-reactive ketones (excluding diaryl/α,β-unsaturated/α-hetero) is 1. The van der Waals surface area contributed by atoms with Gasteiger partial charge in [-0.05, 0) is 29.3 Å². The van der Waals surface area contributed by atoms with Gasteiger partial charge in [0.1, 0.15) is 29.0 Å². The van der Waals surface area contributed by atoms with Crippen molar-refractivity contribution in [2.75, 3.05) is 7.11 Å². The molecule has 1 aliphatic carbocycles. The molecule has 1 aliphatic rings.